The minimum absolute atomic E-state index is 0.190. The van der Waals surface area contributed by atoms with Crippen LogP contribution in [0.1, 0.15) is 33.4 Å². The molecule has 3 N–H and O–H groups in total. The van der Waals surface area contributed by atoms with Crippen LogP contribution in [0.15, 0.2) is 89.3 Å². The summed E-state index contributed by atoms with van der Waals surface area (Å²) in [5, 5.41) is 38.8. The first-order chi connectivity index (χ1) is 20.5. The first kappa shape index (κ1) is 26.2. The number of hydrogen-bond donors (Lipinski definition) is 3. The van der Waals surface area contributed by atoms with E-state index in [1.807, 2.05) is 66.7 Å². The maximum absolute atomic E-state index is 9.84. The van der Waals surface area contributed by atoms with Gasteiger partial charge in [0.1, 0.15) is 5.71 Å². The molecule has 0 bridgehead atoms. The Bertz CT molecular complexity index is 2160. The Labute approximate surface area is 247 Å². The highest BCUT2D eigenvalue weighted by molar-refractivity contribution is 7.79. The molecule has 0 amide bonds. The lowest BCUT2D eigenvalue weighted by Crippen LogP contribution is -2.22. The molecule has 8 heteroatoms. The van der Waals surface area contributed by atoms with Crippen molar-refractivity contribution >= 4 is 52.5 Å². The molecule has 0 radical (unpaired) electrons. The van der Waals surface area contributed by atoms with Gasteiger partial charge in [-0.25, -0.2) is 9.38 Å². The smallest absolute Gasteiger partial charge is 0.104 e. The summed E-state index contributed by atoms with van der Waals surface area (Å²) in [6.45, 7) is 0. The highest BCUT2D eigenvalue weighted by atomic mass is 32.1. The van der Waals surface area contributed by atoms with Gasteiger partial charge in [0.15, 0.2) is 0 Å². The fourth-order valence-electron chi connectivity index (χ4n) is 5.35. The second kappa shape index (κ2) is 10.5. The summed E-state index contributed by atoms with van der Waals surface area (Å²) in [4.78, 5) is 5.07. The second-order valence-corrected chi connectivity index (χ2v) is 9.83. The predicted molar refractivity (Wildman–Crippen MR) is 169 cm³/mol. The molecule has 0 saturated carbocycles. The fraction of sp³-hybridized carbons (Fsp3) is 0. The number of aromatic nitrogens is 1. The monoisotopic (exact) mass is 557 g/mol. The summed E-state index contributed by atoms with van der Waals surface area (Å²) in [7, 11) is 0. The largest absolute Gasteiger partial charge is 0.398 e. The number of nitrogens with zero attached hydrogens (tertiary/aromatic N) is 5. The van der Waals surface area contributed by atoms with E-state index in [1.165, 1.54) is 6.07 Å². The van der Waals surface area contributed by atoms with Crippen LogP contribution in [0.4, 0.5) is 5.69 Å². The van der Waals surface area contributed by atoms with Crippen molar-refractivity contribution in [3.63, 3.8) is 0 Å². The van der Waals surface area contributed by atoms with Gasteiger partial charge in [0, 0.05) is 38.9 Å². The fourth-order valence-corrected chi connectivity index (χ4v) is 5.56. The number of thiol groups is 1. The van der Waals surface area contributed by atoms with E-state index in [1.54, 1.807) is 24.3 Å². The molecule has 0 fully saturated rings. The van der Waals surface area contributed by atoms with Crippen LogP contribution in [0, 0.1) is 39.4 Å². The van der Waals surface area contributed by atoms with Crippen molar-refractivity contribution in [3.05, 3.63) is 118 Å². The number of allylic oxidation sites excluding steroid dienone is 1. The molecule has 0 saturated heterocycles. The van der Waals surface area contributed by atoms with Gasteiger partial charge >= 0.3 is 0 Å². The number of anilines is 1. The Morgan fingerprint density at radius 2 is 1.52 bits per heavy atom. The van der Waals surface area contributed by atoms with Crippen molar-refractivity contribution in [2.45, 2.75) is 0 Å². The van der Waals surface area contributed by atoms with Gasteiger partial charge in [-0.3, -0.25) is 5.41 Å². The summed E-state index contributed by atoms with van der Waals surface area (Å²) in [5.41, 5.74) is 14.3. The van der Waals surface area contributed by atoms with E-state index in [4.69, 9.17) is 10.7 Å². The Kier molecular flexibility index (Phi) is 6.57. The normalized spacial score (nSPS) is 13.1. The molecule has 196 valence electrons. The van der Waals surface area contributed by atoms with Crippen LogP contribution in [0.5, 0.6) is 0 Å². The van der Waals surface area contributed by atoms with E-state index in [0.717, 1.165) is 22.3 Å². The predicted octanol–water partition coefficient (Wildman–Crippen LogP) is 6.97. The molecule has 1 heterocycles. The zero-order valence-electron chi connectivity index (χ0n) is 21.9. The van der Waals surface area contributed by atoms with Crippen LogP contribution in [0.25, 0.3) is 44.9 Å². The van der Waals surface area contributed by atoms with Gasteiger partial charge in [0.25, 0.3) is 0 Å². The first-order valence-electron chi connectivity index (χ1n) is 12.8. The molecule has 0 atom stereocenters. The van der Waals surface area contributed by atoms with Crippen molar-refractivity contribution in [2.24, 2.45) is 4.40 Å². The molecular weight excluding hydrogens is 538 g/mol. The Morgan fingerprint density at radius 3 is 2.24 bits per heavy atom. The van der Waals surface area contributed by atoms with Crippen LogP contribution in [0.2, 0.25) is 0 Å². The number of nitrogens with one attached hydrogen (secondary N) is 1. The van der Waals surface area contributed by atoms with E-state index in [-0.39, 0.29) is 11.3 Å². The number of hydrogen-bond acceptors (Lipinski definition) is 8. The van der Waals surface area contributed by atoms with Gasteiger partial charge in [-0.15, -0.1) is 0 Å². The maximum atomic E-state index is 9.84. The standard InChI is InChI=1S/C34H19N7S/c35-16-19-5-4-8-23(11-19)33-27-15-26(21-6-2-1-3-7-21)34(41-42)32(39)31(27)25-10-9-22(14-29(25)40-33)30-24(18-37)12-20(17-36)13-28(30)38/h1-15,39,42H,38H2. The molecule has 6 rings (SSSR count). The van der Waals surface area contributed by atoms with E-state index < -0.39 is 0 Å². The number of fused-ring (bicyclic) bond motifs is 3. The SMILES string of the molecule is N#Cc1cccc(-c2nc3cc(-c4c(N)cc(C#N)cc4C#N)ccc3c3c2C=C(c2ccccc2)C(=NS)C3=N)c1. The van der Waals surface area contributed by atoms with E-state index in [9.17, 15) is 21.2 Å². The number of nitrogen functional groups attached to an aromatic ring is 1. The molecule has 4 aromatic carbocycles. The highest BCUT2D eigenvalue weighted by Crippen LogP contribution is 2.40. The molecule has 1 aliphatic rings. The third-order valence-electron chi connectivity index (χ3n) is 7.21. The average molecular weight is 558 g/mol. The Balaban J connectivity index is 1.69. The van der Waals surface area contributed by atoms with Gasteiger partial charge in [0.2, 0.25) is 0 Å². The quantitative estimate of drug-likeness (QED) is 0.162. The van der Waals surface area contributed by atoms with Gasteiger partial charge in [-0.2, -0.15) is 15.8 Å². The lowest BCUT2D eigenvalue weighted by molar-refractivity contribution is 1.36. The molecule has 1 aliphatic carbocycles. The van der Waals surface area contributed by atoms with Gasteiger partial charge < -0.3 is 5.73 Å². The van der Waals surface area contributed by atoms with Crippen LogP contribution in [-0.4, -0.2) is 16.4 Å². The third kappa shape index (κ3) is 4.28. The summed E-state index contributed by atoms with van der Waals surface area (Å²) in [6.07, 6.45) is 1.97. The maximum Gasteiger partial charge on any atom is 0.104 e. The second-order valence-electron chi connectivity index (χ2n) is 9.63. The summed E-state index contributed by atoms with van der Waals surface area (Å²) in [5.74, 6) is 0. The molecule has 1 aromatic heterocycles. The van der Waals surface area contributed by atoms with Crippen LogP contribution in [-0.2, 0) is 0 Å². The number of nitrogens with two attached hydrogens (primary N) is 1. The highest BCUT2D eigenvalue weighted by Gasteiger charge is 2.29. The third-order valence-corrected chi connectivity index (χ3v) is 7.41. The van der Waals surface area contributed by atoms with E-state index in [2.05, 4.69) is 29.4 Å². The minimum Gasteiger partial charge on any atom is -0.398 e. The molecule has 42 heavy (non-hydrogen) atoms. The number of benzene rings is 4. The van der Waals surface area contributed by atoms with Gasteiger partial charge in [-0.1, -0.05) is 54.6 Å². The number of rotatable bonds is 3. The lowest BCUT2D eigenvalue weighted by atomic mass is 9.82. The Morgan fingerprint density at radius 1 is 0.762 bits per heavy atom. The summed E-state index contributed by atoms with van der Waals surface area (Å²) < 4.78 is 4.21. The summed E-state index contributed by atoms with van der Waals surface area (Å²) in [6, 6.07) is 31.8. The van der Waals surface area contributed by atoms with Crippen molar-refractivity contribution in [1.29, 1.82) is 21.2 Å². The number of pyridine rings is 1. The lowest BCUT2D eigenvalue weighted by Gasteiger charge is -2.24. The van der Waals surface area contributed by atoms with E-state index >= 15 is 0 Å². The van der Waals surface area contributed by atoms with Crippen LogP contribution < -0.4 is 5.73 Å². The van der Waals surface area contributed by atoms with Crippen molar-refractivity contribution in [2.75, 3.05) is 5.73 Å². The Hall–Kier alpha value is -6.01. The first-order valence-corrected chi connectivity index (χ1v) is 13.2. The van der Waals surface area contributed by atoms with Crippen molar-refractivity contribution < 1.29 is 0 Å². The van der Waals surface area contributed by atoms with Crippen molar-refractivity contribution in [1.82, 2.24) is 4.98 Å². The zero-order chi connectivity index (χ0) is 29.4. The minimum atomic E-state index is 0.190. The molecule has 5 aromatic rings. The van der Waals surface area contributed by atoms with Gasteiger partial charge in [0.05, 0.1) is 51.8 Å². The van der Waals surface area contributed by atoms with Crippen molar-refractivity contribution in [3.8, 4) is 40.6 Å². The molecule has 0 unspecified atom stereocenters. The topological polar surface area (TPSA) is 146 Å². The van der Waals surface area contributed by atoms with Crippen LogP contribution in [0.3, 0.4) is 0 Å². The molecular formula is C34H19N7S. The number of nitriles is 3. The van der Waals surface area contributed by atoms with Gasteiger partial charge in [-0.05, 0) is 60.3 Å². The average Bonchev–Trinajstić information content (AvgIpc) is 3.03. The zero-order valence-corrected chi connectivity index (χ0v) is 22.8. The molecule has 0 aliphatic heterocycles. The summed E-state index contributed by atoms with van der Waals surface area (Å²) >= 11 is 4.24. The molecule has 0 spiro atoms. The van der Waals surface area contributed by atoms with Crippen LogP contribution >= 0.6 is 12.8 Å². The van der Waals surface area contributed by atoms with E-state index in [0.29, 0.717) is 55.8 Å². The molecule has 7 nitrogen and oxygen atoms in total.